The van der Waals surface area contributed by atoms with Crippen LogP contribution in [0.25, 0.3) is 20.8 Å². The van der Waals surface area contributed by atoms with Gasteiger partial charge in [-0.3, -0.25) is 10.2 Å². The number of ether oxygens (including phenoxy) is 2. The number of nitrogens with zero attached hydrogens (tertiary/aromatic N) is 3. The van der Waals surface area contributed by atoms with E-state index in [1.807, 2.05) is 60.7 Å². The van der Waals surface area contributed by atoms with Crippen molar-refractivity contribution in [3.05, 3.63) is 78.4 Å². The molecule has 3 aromatic carbocycles. The molecule has 2 amide bonds. The Morgan fingerprint density at radius 3 is 2.61 bits per heavy atom. The molecule has 0 radical (unpaired) electrons. The summed E-state index contributed by atoms with van der Waals surface area (Å²) in [5, 5.41) is 13.4. The van der Waals surface area contributed by atoms with Crippen LogP contribution in [0.15, 0.2) is 72.8 Å². The van der Waals surface area contributed by atoms with Gasteiger partial charge in [0.15, 0.2) is 5.13 Å². The van der Waals surface area contributed by atoms with Crippen molar-refractivity contribution in [2.45, 2.75) is 12.8 Å². The van der Waals surface area contributed by atoms with Gasteiger partial charge in [0.2, 0.25) is 5.06 Å². The summed E-state index contributed by atoms with van der Waals surface area (Å²) in [5.41, 5.74) is 3.37. The zero-order valence-electron chi connectivity index (χ0n) is 19.8. The summed E-state index contributed by atoms with van der Waals surface area (Å²) >= 11 is 2.59. The van der Waals surface area contributed by atoms with Crippen LogP contribution in [0.4, 0.5) is 20.4 Å². The number of nitrogens with one attached hydrogen (secondary N) is 1. The number of fused-ring (bicyclic) bond motifs is 2. The Hall–Kier alpha value is -4.48. The van der Waals surface area contributed by atoms with Gasteiger partial charge < -0.3 is 14.6 Å². The summed E-state index contributed by atoms with van der Waals surface area (Å²) in [5.74, 6) is 0.394. The smallest absolute Gasteiger partial charge is 0.449 e. The number of hydrogen-bond acceptors (Lipinski definition) is 8. The number of carbonyl (C=O) groups excluding carboxylic acids is 1. The van der Waals surface area contributed by atoms with Crippen molar-refractivity contribution >= 4 is 55.9 Å². The highest BCUT2D eigenvalue weighted by atomic mass is 32.1. The molecule has 2 aromatic heterocycles. The fourth-order valence-electron chi connectivity index (χ4n) is 4.23. The highest BCUT2D eigenvalue weighted by Gasteiger charge is 2.26. The second-order valence-electron chi connectivity index (χ2n) is 8.41. The van der Waals surface area contributed by atoms with Gasteiger partial charge in [-0.1, -0.05) is 65.1 Å². The Kier molecular flexibility index (Phi) is 6.36. The molecule has 0 bridgehead atoms. The number of hydrogen-bond donors (Lipinski definition) is 2. The predicted octanol–water partition coefficient (Wildman–Crippen LogP) is 7.25. The average Bonchev–Trinajstić information content (AvgIpc) is 3.51. The van der Waals surface area contributed by atoms with Crippen molar-refractivity contribution in [1.82, 2.24) is 9.97 Å². The lowest BCUT2D eigenvalue weighted by molar-refractivity contribution is 0.141. The third kappa shape index (κ3) is 4.89. The number of amides is 2. The van der Waals surface area contributed by atoms with Crippen LogP contribution >= 0.6 is 22.7 Å². The first-order valence-electron chi connectivity index (χ1n) is 11.8. The molecular weight excluding hydrogens is 524 g/mol. The molecule has 0 spiro atoms. The fraction of sp³-hybridized carbons (Fsp3) is 0.111. The maximum Gasteiger partial charge on any atom is 0.512 e. The molecule has 190 valence electrons. The molecule has 0 fully saturated rings. The van der Waals surface area contributed by atoms with Gasteiger partial charge in [-0.05, 0) is 48.7 Å². The summed E-state index contributed by atoms with van der Waals surface area (Å²) < 4.78 is 11.8. The van der Waals surface area contributed by atoms with Crippen LogP contribution in [0, 0.1) is 0 Å². The second-order valence-corrected chi connectivity index (χ2v) is 10.4. The van der Waals surface area contributed by atoms with Crippen LogP contribution in [-0.4, -0.2) is 33.8 Å². The summed E-state index contributed by atoms with van der Waals surface area (Å²) in [7, 11) is 0. The minimum absolute atomic E-state index is 0.135. The van der Waals surface area contributed by atoms with Crippen LogP contribution in [0.1, 0.15) is 12.0 Å². The molecule has 2 N–H and O–H groups in total. The molecule has 0 saturated carbocycles. The third-order valence-electron chi connectivity index (χ3n) is 5.91. The van der Waals surface area contributed by atoms with E-state index >= 15 is 0 Å². The van der Waals surface area contributed by atoms with Gasteiger partial charge in [0.25, 0.3) is 5.88 Å². The minimum atomic E-state index is -1.48. The number of para-hydroxylation sites is 2. The molecule has 9 nitrogen and oxygen atoms in total. The fourth-order valence-corrected chi connectivity index (χ4v) is 5.94. The van der Waals surface area contributed by atoms with Crippen molar-refractivity contribution in [2.24, 2.45) is 0 Å². The van der Waals surface area contributed by atoms with Crippen LogP contribution < -0.4 is 19.7 Å². The van der Waals surface area contributed by atoms with Crippen LogP contribution in [0.5, 0.6) is 16.7 Å². The van der Waals surface area contributed by atoms with E-state index in [1.165, 1.54) is 22.7 Å². The molecule has 6 rings (SSSR count). The SMILES string of the molecule is O=C(O)Oc1nc(-c2ccc3c(c2)N(C(=O)Nc2nc4ccccc4s2)CCC3)sc1Oc1ccccc1. The van der Waals surface area contributed by atoms with Gasteiger partial charge in [0, 0.05) is 17.8 Å². The van der Waals surface area contributed by atoms with Gasteiger partial charge in [-0.25, -0.2) is 14.6 Å². The van der Waals surface area contributed by atoms with E-state index in [-0.39, 0.29) is 17.0 Å². The quantitative estimate of drug-likeness (QED) is 0.224. The number of carbonyl (C=O) groups is 2. The summed E-state index contributed by atoms with van der Waals surface area (Å²) in [6.07, 6.45) is 0.194. The number of thiazole rings is 2. The lowest BCUT2D eigenvalue weighted by atomic mass is 10.00. The number of urea groups is 1. The average molecular weight is 545 g/mol. The number of rotatable bonds is 5. The zero-order valence-corrected chi connectivity index (χ0v) is 21.4. The first-order chi connectivity index (χ1) is 18.5. The molecule has 0 atom stereocenters. The number of anilines is 2. The molecule has 11 heteroatoms. The van der Waals surface area contributed by atoms with Gasteiger partial charge >= 0.3 is 12.2 Å². The monoisotopic (exact) mass is 544 g/mol. The van der Waals surface area contributed by atoms with Gasteiger partial charge in [0.1, 0.15) is 10.8 Å². The highest BCUT2D eigenvalue weighted by Crippen LogP contribution is 2.43. The van der Waals surface area contributed by atoms with E-state index in [0.717, 1.165) is 34.3 Å². The topological polar surface area (TPSA) is 114 Å². The molecule has 1 aliphatic rings. The number of aryl methyl sites for hydroxylation is 1. The molecular formula is C27H20N4O5S2. The molecule has 0 unspecified atom stereocenters. The molecule has 1 aliphatic heterocycles. The second kappa shape index (κ2) is 10.1. The normalized spacial score (nSPS) is 12.7. The van der Waals surface area contributed by atoms with E-state index in [0.29, 0.717) is 28.0 Å². The molecule has 0 saturated heterocycles. The van der Waals surface area contributed by atoms with Crippen LogP contribution in [0.2, 0.25) is 0 Å². The van der Waals surface area contributed by atoms with Crippen molar-refractivity contribution in [1.29, 1.82) is 0 Å². The van der Waals surface area contributed by atoms with Crippen LogP contribution in [-0.2, 0) is 6.42 Å². The Balaban J connectivity index is 1.30. The molecule has 38 heavy (non-hydrogen) atoms. The van der Waals surface area contributed by atoms with E-state index in [2.05, 4.69) is 15.3 Å². The van der Waals surface area contributed by atoms with E-state index in [4.69, 9.17) is 9.47 Å². The number of carboxylic acid groups (broad SMARTS) is 1. The number of benzene rings is 3. The first kappa shape index (κ1) is 23.9. The van der Waals surface area contributed by atoms with Gasteiger partial charge in [-0.2, -0.15) is 4.98 Å². The van der Waals surface area contributed by atoms with Crippen molar-refractivity contribution in [3.8, 4) is 27.3 Å². The first-order valence-corrected chi connectivity index (χ1v) is 13.4. The molecule has 0 aliphatic carbocycles. The van der Waals surface area contributed by atoms with Crippen LogP contribution in [0.3, 0.4) is 0 Å². The summed E-state index contributed by atoms with van der Waals surface area (Å²) in [4.78, 5) is 35.2. The maximum absolute atomic E-state index is 13.3. The largest absolute Gasteiger partial charge is 0.512 e. The third-order valence-corrected chi connectivity index (χ3v) is 7.82. The van der Waals surface area contributed by atoms with E-state index in [1.54, 1.807) is 17.0 Å². The van der Waals surface area contributed by atoms with E-state index in [9.17, 15) is 14.7 Å². The molecule has 5 aromatic rings. The van der Waals surface area contributed by atoms with Gasteiger partial charge in [0.05, 0.1) is 10.2 Å². The maximum atomic E-state index is 13.3. The van der Waals surface area contributed by atoms with E-state index < -0.39 is 6.16 Å². The zero-order chi connectivity index (χ0) is 26.1. The summed E-state index contributed by atoms with van der Waals surface area (Å²) in [6.45, 7) is 0.556. The summed E-state index contributed by atoms with van der Waals surface area (Å²) in [6, 6.07) is 22.2. The Morgan fingerprint density at radius 2 is 1.79 bits per heavy atom. The predicted molar refractivity (Wildman–Crippen MR) is 147 cm³/mol. The highest BCUT2D eigenvalue weighted by molar-refractivity contribution is 7.22. The Labute approximate surface area is 224 Å². The van der Waals surface area contributed by atoms with Crippen molar-refractivity contribution < 1.29 is 24.2 Å². The Morgan fingerprint density at radius 1 is 0.974 bits per heavy atom. The number of aromatic nitrogens is 2. The standard InChI is InChI=1S/C27H20N4O5S2/c32-26(30-25-28-19-10-4-5-11-21(19)37-25)31-14-6-7-16-12-13-17(15-20(16)31)23-29-22(36-27(33)34)24(38-23)35-18-8-2-1-3-9-18/h1-5,8-13,15H,6-7,14H2,(H,33,34)(H,28,30,32). The van der Waals surface area contributed by atoms with Crippen molar-refractivity contribution in [3.63, 3.8) is 0 Å². The molecule has 3 heterocycles. The van der Waals surface area contributed by atoms with Gasteiger partial charge in [-0.15, -0.1) is 0 Å². The lowest BCUT2D eigenvalue weighted by Crippen LogP contribution is -2.38. The lowest BCUT2D eigenvalue weighted by Gasteiger charge is -2.29. The Bertz CT molecular complexity index is 1620. The minimum Gasteiger partial charge on any atom is -0.449 e. The van der Waals surface area contributed by atoms with Crippen molar-refractivity contribution in [2.75, 3.05) is 16.8 Å².